The summed E-state index contributed by atoms with van der Waals surface area (Å²) >= 11 is 0. The van der Waals surface area contributed by atoms with E-state index in [2.05, 4.69) is 0 Å². The van der Waals surface area contributed by atoms with Gasteiger partial charge in [-0.1, -0.05) is 35.9 Å². The molecule has 1 aliphatic rings. The van der Waals surface area contributed by atoms with Gasteiger partial charge in [0.25, 0.3) is 0 Å². The van der Waals surface area contributed by atoms with Crippen LogP contribution in [-0.4, -0.2) is 18.3 Å². The maximum Gasteiger partial charge on any atom is 0.494 e. The van der Waals surface area contributed by atoms with E-state index in [4.69, 9.17) is 9.31 Å². The van der Waals surface area contributed by atoms with Crippen LogP contribution in [0, 0.1) is 12.7 Å². The standard InChI is InChI=1S/C19H22BFO2/c1-13-6-11-17(21)16(12-13)14-7-9-15(10-8-14)20-22-18(2,3)19(4,5)23-20/h6-12H,1-5H3. The van der Waals surface area contributed by atoms with Crippen LogP contribution < -0.4 is 5.46 Å². The van der Waals surface area contributed by atoms with Crippen molar-refractivity contribution in [1.29, 1.82) is 0 Å². The Hall–Kier alpha value is -1.65. The maximum atomic E-state index is 14.0. The van der Waals surface area contributed by atoms with Crippen LogP contribution in [0.15, 0.2) is 42.5 Å². The molecule has 1 saturated heterocycles. The van der Waals surface area contributed by atoms with Crippen molar-refractivity contribution in [2.45, 2.75) is 45.8 Å². The van der Waals surface area contributed by atoms with Gasteiger partial charge >= 0.3 is 7.12 Å². The predicted molar refractivity (Wildman–Crippen MR) is 92.3 cm³/mol. The van der Waals surface area contributed by atoms with Gasteiger partial charge in [0.1, 0.15) is 5.82 Å². The smallest absolute Gasteiger partial charge is 0.399 e. The van der Waals surface area contributed by atoms with Crippen molar-refractivity contribution in [3.05, 3.63) is 53.8 Å². The van der Waals surface area contributed by atoms with Gasteiger partial charge < -0.3 is 9.31 Å². The number of hydrogen-bond donors (Lipinski definition) is 0. The molecule has 0 saturated carbocycles. The highest BCUT2D eigenvalue weighted by atomic mass is 19.1. The Bertz CT molecular complexity index is 707. The van der Waals surface area contributed by atoms with Crippen molar-refractivity contribution in [2.24, 2.45) is 0 Å². The van der Waals surface area contributed by atoms with E-state index in [9.17, 15) is 4.39 Å². The van der Waals surface area contributed by atoms with Crippen LogP contribution in [0.4, 0.5) is 4.39 Å². The summed E-state index contributed by atoms with van der Waals surface area (Å²) in [4.78, 5) is 0. The van der Waals surface area contributed by atoms with E-state index >= 15 is 0 Å². The molecule has 0 unspecified atom stereocenters. The molecule has 2 aromatic rings. The first-order valence-electron chi connectivity index (χ1n) is 7.92. The maximum absolute atomic E-state index is 14.0. The summed E-state index contributed by atoms with van der Waals surface area (Å²) in [5.74, 6) is -0.209. The number of aryl methyl sites for hydroxylation is 1. The zero-order valence-corrected chi connectivity index (χ0v) is 14.3. The van der Waals surface area contributed by atoms with E-state index < -0.39 is 7.12 Å². The Balaban J connectivity index is 1.88. The lowest BCUT2D eigenvalue weighted by Crippen LogP contribution is -2.41. The second-order valence-electron chi connectivity index (χ2n) is 7.19. The molecule has 1 heterocycles. The number of benzene rings is 2. The molecule has 2 aromatic carbocycles. The molecular weight excluding hydrogens is 290 g/mol. The van der Waals surface area contributed by atoms with E-state index in [1.54, 1.807) is 6.07 Å². The van der Waals surface area contributed by atoms with E-state index in [1.165, 1.54) is 6.07 Å². The van der Waals surface area contributed by atoms with E-state index in [0.29, 0.717) is 5.56 Å². The summed E-state index contributed by atoms with van der Waals surface area (Å²) < 4.78 is 26.1. The molecule has 2 nitrogen and oxygen atoms in total. The number of rotatable bonds is 2. The SMILES string of the molecule is Cc1ccc(F)c(-c2ccc(B3OC(C)(C)C(C)(C)O3)cc2)c1. The third-order valence-corrected chi connectivity index (χ3v) is 4.87. The summed E-state index contributed by atoms with van der Waals surface area (Å²) in [5, 5.41) is 0. The van der Waals surface area contributed by atoms with Crippen LogP contribution in [-0.2, 0) is 9.31 Å². The second kappa shape index (κ2) is 5.46. The van der Waals surface area contributed by atoms with Crippen molar-refractivity contribution in [3.63, 3.8) is 0 Å². The lowest BCUT2D eigenvalue weighted by atomic mass is 9.78. The third-order valence-electron chi connectivity index (χ3n) is 4.87. The van der Waals surface area contributed by atoms with Gasteiger partial charge in [-0.2, -0.15) is 0 Å². The summed E-state index contributed by atoms with van der Waals surface area (Å²) in [5.41, 5.74) is 2.73. The minimum Gasteiger partial charge on any atom is -0.399 e. The highest BCUT2D eigenvalue weighted by Gasteiger charge is 2.51. The molecule has 0 atom stereocenters. The van der Waals surface area contributed by atoms with Gasteiger partial charge in [0, 0.05) is 5.56 Å². The third kappa shape index (κ3) is 2.93. The molecule has 120 valence electrons. The van der Waals surface area contributed by atoms with E-state index in [0.717, 1.165) is 16.6 Å². The first-order valence-corrected chi connectivity index (χ1v) is 7.92. The minimum absolute atomic E-state index is 0.209. The highest BCUT2D eigenvalue weighted by molar-refractivity contribution is 6.62. The molecular formula is C19H22BFO2. The van der Waals surface area contributed by atoms with Crippen molar-refractivity contribution in [2.75, 3.05) is 0 Å². The first kappa shape index (κ1) is 16.2. The molecule has 23 heavy (non-hydrogen) atoms. The lowest BCUT2D eigenvalue weighted by molar-refractivity contribution is 0.00578. The Morgan fingerprint density at radius 3 is 2.00 bits per heavy atom. The van der Waals surface area contributed by atoms with Crippen LogP contribution in [0.25, 0.3) is 11.1 Å². The van der Waals surface area contributed by atoms with Crippen LogP contribution in [0.5, 0.6) is 0 Å². The number of hydrogen-bond acceptors (Lipinski definition) is 2. The molecule has 0 bridgehead atoms. The molecule has 1 aliphatic heterocycles. The van der Waals surface area contributed by atoms with Crippen molar-refractivity contribution in [3.8, 4) is 11.1 Å². The summed E-state index contributed by atoms with van der Waals surface area (Å²) in [6.07, 6.45) is 0. The van der Waals surface area contributed by atoms with E-state index in [1.807, 2.05) is 65.0 Å². The Morgan fingerprint density at radius 1 is 0.870 bits per heavy atom. The molecule has 3 rings (SSSR count). The van der Waals surface area contributed by atoms with Crippen molar-refractivity contribution >= 4 is 12.6 Å². The zero-order chi connectivity index (χ0) is 16.8. The fourth-order valence-corrected chi connectivity index (χ4v) is 2.66. The zero-order valence-electron chi connectivity index (χ0n) is 14.3. The molecule has 1 fully saturated rings. The fraction of sp³-hybridized carbons (Fsp3) is 0.368. The first-order chi connectivity index (χ1) is 10.7. The largest absolute Gasteiger partial charge is 0.494 e. The minimum atomic E-state index is -0.392. The monoisotopic (exact) mass is 312 g/mol. The van der Waals surface area contributed by atoms with Gasteiger partial charge in [-0.25, -0.2) is 4.39 Å². The number of halogens is 1. The Morgan fingerprint density at radius 2 is 1.43 bits per heavy atom. The normalized spacial score (nSPS) is 19.1. The van der Waals surface area contributed by atoms with Crippen LogP contribution in [0.3, 0.4) is 0 Å². The Kier molecular flexibility index (Phi) is 3.85. The van der Waals surface area contributed by atoms with Gasteiger partial charge in [0.05, 0.1) is 11.2 Å². The molecule has 0 radical (unpaired) electrons. The van der Waals surface area contributed by atoms with Crippen LogP contribution in [0.2, 0.25) is 0 Å². The average Bonchev–Trinajstić information content (AvgIpc) is 2.70. The topological polar surface area (TPSA) is 18.5 Å². The van der Waals surface area contributed by atoms with Crippen LogP contribution >= 0.6 is 0 Å². The summed E-state index contributed by atoms with van der Waals surface area (Å²) in [7, 11) is -0.392. The molecule has 0 spiro atoms. The average molecular weight is 312 g/mol. The lowest BCUT2D eigenvalue weighted by Gasteiger charge is -2.32. The quantitative estimate of drug-likeness (QED) is 0.777. The van der Waals surface area contributed by atoms with Crippen molar-refractivity contribution in [1.82, 2.24) is 0 Å². The van der Waals surface area contributed by atoms with Gasteiger partial charge in [-0.05, 0) is 57.8 Å². The second-order valence-corrected chi connectivity index (χ2v) is 7.19. The van der Waals surface area contributed by atoms with Gasteiger partial charge in [-0.3, -0.25) is 0 Å². The molecule has 4 heteroatoms. The van der Waals surface area contributed by atoms with Gasteiger partial charge in [-0.15, -0.1) is 0 Å². The van der Waals surface area contributed by atoms with Gasteiger partial charge in [0.2, 0.25) is 0 Å². The van der Waals surface area contributed by atoms with Crippen molar-refractivity contribution < 1.29 is 13.7 Å². The van der Waals surface area contributed by atoms with Crippen LogP contribution in [0.1, 0.15) is 33.3 Å². The van der Waals surface area contributed by atoms with Gasteiger partial charge in [0.15, 0.2) is 0 Å². The molecule has 0 N–H and O–H groups in total. The predicted octanol–water partition coefficient (Wildman–Crippen LogP) is 4.10. The van der Waals surface area contributed by atoms with E-state index in [-0.39, 0.29) is 17.0 Å². The fourth-order valence-electron chi connectivity index (χ4n) is 2.66. The Labute approximate surface area is 137 Å². The molecule has 0 aliphatic carbocycles. The highest BCUT2D eigenvalue weighted by Crippen LogP contribution is 2.36. The summed E-state index contributed by atoms with van der Waals surface area (Å²) in [6, 6.07) is 12.9. The summed E-state index contributed by atoms with van der Waals surface area (Å²) in [6.45, 7) is 10.1. The molecule has 0 amide bonds. The molecule has 0 aromatic heterocycles.